The van der Waals surface area contributed by atoms with Crippen molar-refractivity contribution in [1.82, 2.24) is 20.0 Å². The summed E-state index contributed by atoms with van der Waals surface area (Å²) < 4.78 is 7.17. The molecule has 4 rings (SSSR count). The van der Waals surface area contributed by atoms with E-state index in [9.17, 15) is 9.90 Å². The van der Waals surface area contributed by atoms with Crippen molar-refractivity contribution in [2.24, 2.45) is 5.10 Å². The predicted octanol–water partition coefficient (Wildman–Crippen LogP) is 3.35. The van der Waals surface area contributed by atoms with Gasteiger partial charge in [-0.25, -0.2) is 10.4 Å². The number of phenolic OH excluding ortho intramolecular Hbond substituents is 1. The van der Waals surface area contributed by atoms with Gasteiger partial charge in [-0.1, -0.05) is 18.2 Å². The Hall–Kier alpha value is -4.20. The van der Waals surface area contributed by atoms with Crippen LogP contribution in [0.5, 0.6) is 11.5 Å². The first kappa shape index (κ1) is 20.1. The van der Waals surface area contributed by atoms with Gasteiger partial charge >= 0.3 is 0 Å². The highest BCUT2D eigenvalue weighted by Crippen LogP contribution is 2.26. The Balaban J connectivity index is 1.53. The lowest BCUT2D eigenvalue weighted by atomic mass is 10.2. The van der Waals surface area contributed by atoms with E-state index in [1.165, 1.54) is 12.3 Å². The third kappa shape index (κ3) is 4.53. The summed E-state index contributed by atoms with van der Waals surface area (Å²) in [6, 6.07) is 18.0. The van der Waals surface area contributed by atoms with Crippen LogP contribution in [0.2, 0.25) is 0 Å². The Kier molecular flexibility index (Phi) is 5.89. The van der Waals surface area contributed by atoms with E-state index in [4.69, 9.17) is 4.74 Å². The van der Waals surface area contributed by atoms with Crippen LogP contribution in [0.4, 0.5) is 0 Å². The molecule has 0 aliphatic heterocycles. The van der Waals surface area contributed by atoms with Gasteiger partial charge in [0.2, 0.25) is 0 Å². The fourth-order valence-corrected chi connectivity index (χ4v) is 3.17. The first-order chi connectivity index (χ1) is 15.2. The lowest BCUT2D eigenvalue weighted by Gasteiger charge is -2.08. The van der Waals surface area contributed by atoms with E-state index in [-0.39, 0.29) is 18.2 Å². The SMILES string of the molecule is CCOc1cc(/C=N/NC(=O)Cn2c(-c3ccccn3)nc3ccccc32)ccc1O. The summed E-state index contributed by atoms with van der Waals surface area (Å²) in [7, 11) is 0. The van der Waals surface area contributed by atoms with Crippen molar-refractivity contribution in [3.8, 4) is 23.0 Å². The Morgan fingerprint density at radius 2 is 2.03 bits per heavy atom. The largest absolute Gasteiger partial charge is 0.504 e. The monoisotopic (exact) mass is 415 g/mol. The Morgan fingerprint density at radius 1 is 1.19 bits per heavy atom. The molecule has 156 valence electrons. The lowest BCUT2D eigenvalue weighted by molar-refractivity contribution is -0.121. The molecule has 2 aromatic heterocycles. The smallest absolute Gasteiger partial charge is 0.260 e. The van der Waals surface area contributed by atoms with Crippen LogP contribution >= 0.6 is 0 Å². The minimum absolute atomic E-state index is 0.0313. The van der Waals surface area contributed by atoms with Gasteiger partial charge in [0.25, 0.3) is 5.91 Å². The molecule has 1 amide bonds. The third-order valence-electron chi connectivity index (χ3n) is 4.54. The van der Waals surface area contributed by atoms with Crippen molar-refractivity contribution < 1.29 is 14.6 Å². The Labute approximate surface area is 178 Å². The predicted molar refractivity (Wildman–Crippen MR) is 118 cm³/mol. The van der Waals surface area contributed by atoms with Crippen molar-refractivity contribution >= 4 is 23.2 Å². The quantitative estimate of drug-likeness (QED) is 0.356. The van der Waals surface area contributed by atoms with Crippen molar-refractivity contribution in [2.45, 2.75) is 13.5 Å². The first-order valence-electron chi connectivity index (χ1n) is 9.80. The van der Waals surface area contributed by atoms with E-state index < -0.39 is 0 Å². The number of amides is 1. The van der Waals surface area contributed by atoms with E-state index in [0.717, 1.165) is 11.0 Å². The average Bonchev–Trinajstić information content (AvgIpc) is 3.15. The Morgan fingerprint density at radius 3 is 2.84 bits per heavy atom. The second-order valence-electron chi connectivity index (χ2n) is 6.68. The number of nitrogens with one attached hydrogen (secondary N) is 1. The maximum absolute atomic E-state index is 12.6. The molecule has 0 radical (unpaired) electrons. The second-order valence-corrected chi connectivity index (χ2v) is 6.68. The molecule has 2 aromatic carbocycles. The van der Waals surface area contributed by atoms with E-state index in [0.29, 0.717) is 29.4 Å². The molecule has 4 aromatic rings. The zero-order valence-electron chi connectivity index (χ0n) is 16.9. The summed E-state index contributed by atoms with van der Waals surface area (Å²) in [5, 5.41) is 13.8. The molecule has 0 saturated heterocycles. The highest BCUT2D eigenvalue weighted by molar-refractivity contribution is 5.85. The number of aromatic hydroxyl groups is 1. The van der Waals surface area contributed by atoms with Gasteiger partial charge in [-0.15, -0.1) is 0 Å². The molecule has 2 heterocycles. The van der Waals surface area contributed by atoms with E-state index in [1.807, 2.05) is 54.0 Å². The van der Waals surface area contributed by atoms with Gasteiger partial charge in [0, 0.05) is 6.20 Å². The highest BCUT2D eigenvalue weighted by atomic mass is 16.5. The normalized spacial score (nSPS) is 11.1. The molecule has 0 unspecified atom stereocenters. The zero-order valence-corrected chi connectivity index (χ0v) is 16.9. The summed E-state index contributed by atoms with van der Waals surface area (Å²) in [6.07, 6.45) is 3.18. The Bertz CT molecular complexity index is 1230. The number of para-hydroxylation sites is 2. The summed E-state index contributed by atoms with van der Waals surface area (Å²) in [6.45, 7) is 2.30. The number of hydrazone groups is 1. The first-order valence-corrected chi connectivity index (χ1v) is 9.80. The van der Waals surface area contributed by atoms with Gasteiger partial charge < -0.3 is 14.4 Å². The number of phenols is 1. The number of ether oxygens (including phenoxy) is 1. The number of pyridine rings is 1. The summed E-state index contributed by atoms with van der Waals surface area (Å²) in [4.78, 5) is 21.6. The van der Waals surface area contributed by atoms with Crippen LogP contribution in [0.15, 0.2) is 72.0 Å². The topological polar surface area (TPSA) is 102 Å². The van der Waals surface area contributed by atoms with Gasteiger partial charge in [0.15, 0.2) is 17.3 Å². The lowest BCUT2D eigenvalue weighted by Crippen LogP contribution is -2.23. The van der Waals surface area contributed by atoms with Gasteiger partial charge in [-0.05, 0) is 55.0 Å². The molecule has 0 spiro atoms. The minimum Gasteiger partial charge on any atom is -0.504 e. The third-order valence-corrected chi connectivity index (χ3v) is 4.54. The zero-order chi connectivity index (χ0) is 21.6. The number of carbonyl (C=O) groups excluding carboxylic acids is 1. The molecule has 0 fully saturated rings. The molecule has 8 heteroatoms. The average molecular weight is 415 g/mol. The summed E-state index contributed by atoms with van der Waals surface area (Å²) >= 11 is 0. The second kappa shape index (κ2) is 9.08. The van der Waals surface area contributed by atoms with Crippen LogP contribution in [0.1, 0.15) is 12.5 Å². The van der Waals surface area contributed by atoms with E-state index >= 15 is 0 Å². The maximum atomic E-state index is 12.6. The van der Waals surface area contributed by atoms with E-state index in [2.05, 4.69) is 20.5 Å². The molecule has 31 heavy (non-hydrogen) atoms. The van der Waals surface area contributed by atoms with Crippen LogP contribution in [0, 0.1) is 0 Å². The van der Waals surface area contributed by atoms with Crippen LogP contribution in [0.25, 0.3) is 22.6 Å². The summed E-state index contributed by atoms with van der Waals surface area (Å²) in [5.41, 5.74) is 5.52. The molecular formula is C23H21N5O3. The highest BCUT2D eigenvalue weighted by Gasteiger charge is 2.15. The molecule has 0 aliphatic carbocycles. The summed E-state index contributed by atoms with van der Waals surface area (Å²) in [5.74, 6) is 0.723. The van der Waals surface area contributed by atoms with Crippen LogP contribution in [-0.2, 0) is 11.3 Å². The molecule has 0 atom stereocenters. The van der Waals surface area contributed by atoms with Gasteiger partial charge in [-0.3, -0.25) is 9.78 Å². The standard InChI is InChI=1S/C23H21N5O3/c1-2-31-21-13-16(10-11-20(21)29)14-25-27-22(30)15-28-19-9-4-3-7-17(19)26-23(28)18-8-5-6-12-24-18/h3-14,29H,2,15H2,1H3,(H,27,30)/b25-14+. The van der Waals surface area contributed by atoms with Gasteiger partial charge in [-0.2, -0.15) is 5.10 Å². The van der Waals surface area contributed by atoms with Crippen LogP contribution < -0.4 is 10.2 Å². The number of fused-ring (bicyclic) bond motifs is 1. The number of carbonyl (C=O) groups is 1. The fourth-order valence-electron chi connectivity index (χ4n) is 3.17. The van der Waals surface area contributed by atoms with E-state index in [1.54, 1.807) is 18.3 Å². The van der Waals surface area contributed by atoms with Gasteiger partial charge in [0.1, 0.15) is 12.2 Å². The number of benzene rings is 2. The number of rotatable bonds is 7. The number of hydrogen-bond donors (Lipinski definition) is 2. The van der Waals surface area contributed by atoms with Crippen molar-refractivity contribution in [3.63, 3.8) is 0 Å². The number of imidazole rings is 1. The molecule has 2 N–H and O–H groups in total. The molecule has 0 bridgehead atoms. The fraction of sp³-hybridized carbons (Fsp3) is 0.130. The van der Waals surface area contributed by atoms with Crippen molar-refractivity contribution in [3.05, 3.63) is 72.4 Å². The minimum atomic E-state index is -0.305. The maximum Gasteiger partial charge on any atom is 0.260 e. The van der Waals surface area contributed by atoms with Crippen LogP contribution in [0.3, 0.4) is 0 Å². The molecular weight excluding hydrogens is 394 g/mol. The molecule has 0 saturated carbocycles. The van der Waals surface area contributed by atoms with Crippen LogP contribution in [-0.4, -0.2) is 38.4 Å². The number of hydrogen-bond acceptors (Lipinski definition) is 6. The number of aromatic nitrogens is 3. The molecule has 0 aliphatic rings. The van der Waals surface area contributed by atoms with Crippen molar-refractivity contribution in [2.75, 3.05) is 6.61 Å². The molecule has 8 nitrogen and oxygen atoms in total. The van der Waals surface area contributed by atoms with Gasteiger partial charge in [0.05, 0.1) is 23.9 Å². The van der Waals surface area contributed by atoms with Crippen molar-refractivity contribution in [1.29, 1.82) is 0 Å². The number of nitrogens with zero attached hydrogens (tertiary/aromatic N) is 4.